The number of carbonyl (C=O) groups is 4. The summed E-state index contributed by atoms with van der Waals surface area (Å²) in [5.41, 5.74) is 5.46. The van der Waals surface area contributed by atoms with E-state index in [9.17, 15) is 19.2 Å². The summed E-state index contributed by atoms with van der Waals surface area (Å²) in [6.45, 7) is 5.77. The maximum absolute atomic E-state index is 13.7. The zero-order valence-corrected chi connectivity index (χ0v) is 43.5. The third kappa shape index (κ3) is 15.8. The number of hydrogen-bond donors (Lipinski definition) is 6. The number of urea groups is 2. The van der Waals surface area contributed by atoms with Gasteiger partial charge in [-0.3, -0.25) is 9.59 Å². The molecule has 2 aromatic heterocycles. The summed E-state index contributed by atoms with van der Waals surface area (Å²) in [4.78, 5) is 70.4. The Morgan fingerprint density at radius 2 is 1.16 bits per heavy atom. The van der Waals surface area contributed by atoms with Crippen LogP contribution in [0, 0.1) is 0 Å². The molecule has 6 amide bonds. The van der Waals surface area contributed by atoms with Gasteiger partial charge >= 0.3 is 12.1 Å². The van der Waals surface area contributed by atoms with E-state index in [1.165, 1.54) is 5.56 Å². The van der Waals surface area contributed by atoms with Crippen LogP contribution in [0.1, 0.15) is 72.2 Å². The molecule has 2 atom stereocenters. The van der Waals surface area contributed by atoms with Crippen molar-refractivity contribution in [3.05, 3.63) is 162 Å². The van der Waals surface area contributed by atoms with Crippen LogP contribution in [0.2, 0.25) is 0 Å². The van der Waals surface area contributed by atoms with Crippen LogP contribution < -0.4 is 35.5 Å². The third-order valence-corrected chi connectivity index (χ3v) is 13.6. The van der Waals surface area contributed by atoms with Gasteiger partial charge in [0.15, 0.2) is 0 Å². The second-order valence-corrected chi connectivity index (χ2v) is 18.8. The number of unbranched alkanes of at least 4 members (excludes halogenated alkanes) is 1. The Morgan fingerprint density at radius 1 is 0.653 bits per heavy atom. The van der Waals surface area contributed by atoms with Gasteiger partial charge in [-0.2, -0.15) is 0 Å². The van der Waals surface area contributed by atoms with Gasteiger partial charge in [0.1, 0.15) is 34.9 Å². The van der Waals surface area contributed by atoms with Crippen LogP contribution in [-0.4, -0.2) is 133 Å². The summed E-state index contributed by atoms with van der Waals surface area (Å²) >= 11 is 0. The first-order valence-corrected chi connectivity index (χ1v) is 25.8. The van der Waals surface area contributed by atoms with Crippen LogP contribution in [0.15, 0.2) is 128 Å². The fourth-order valence-electron chi connectivity index (χ4n) is 9.37. The Morgan fingerprint density at radius 3 is 1.64 bits per heavy atom. The second-order valence-electron chi connectivity index (χ2n) is 18.8. The van der Waals surface area contributed by atoms with Crippen molar-refractivity contribution in [3.63, 3.8) is 0 Å². The summed E-state index contributed by atoms with van der Waals surface area (Å²) in [7, 11) is 4.92. The average molecular weight is 1030 g/mol. The van der Waals surface area contributed by atoms with E-state index in [1.807, 2.05) is 102 Å². The van der Waals surface area contributed by atoms with Crippen molar-refractivity contribution in [1.29, 1.82) is 0 Å². The number of methoxy groups -OCH3 is 3. The lowest BCUT2D eigenvalue weighted by atomic mass is 9.85. The maximum atomic E-state index is 13.7. The van der Waals surface area contributed by atoms with Crippen molar-refractivity contribution in [2.45, 2.75) is 81.9 Å². The molecule has 6 N–H and O–H groups in total. The SMILES string of the molecule is CCCCOC1(c2ccccc2)CN(C(=O)C(Cc2ccc(OC)cc2)NC(=O)NCCc2cnc[nH]2)C1.COc1ccc(CC(NC(=O)NCCc2cnc[nH]2)C(=O)N2CCC(c3ccccc3OC)CC2)cc1. The van der Waals surface area contributed by atoms with Crippen molar-refractivity contribution in [1.82, 2.24) is 51.0 Å². The molecule has 0 bridgehead atoms. The molecule has 4 aromatic carbocycles. The molecule has 2 fully saturated rings. The number of rotatable bonds is 23. The lowest BCUT2D eigenvalue weighted by Crippen LogP contribution is -2.66. The quantitative estimate of drug-likeness (QED) is 0.0373. The highest BCUT2D eigenvalue weighted by atomic mass is 16.5. The van der Waals surface area contributed by atoms with Crippen LogP contribution in [-0.2, 0) is 45.6 Å². The number of carbonyl (C=O) groups excluding carboxylic acids is 4. The molecule has 2 aliphatic heterocycles. The number of aromatic nitrogens is 4. The number of ether oxygens (including phenoxy) is 4. The standard InChI is InChI=1S/C29H37N5O4.C28H35N5O4/c1-3-4-16-38-29(23-8-6-5-7-9-23)19-34(20-29)27(35)26(17-22-10-12-25(37-2)13-11-22)33-28(36)31-15-14-24-18-30-21-32-24;1-36-23-9-7-20(8-10-23)17-25(32-28(35)30-14-11-22-18-29-19-31-22)27(34)33-15-12-21(13-16-33)24-5-3-4-6-26(24)37-2/h5-13,18,21,26H,3-4,14-17,19-20H2,1-2H3,(H,30,32)(H2,31,33,36);3-10,18-19,21,25H,11-17H2,1-2H3,(H,29,31)(H2,30,32,35). The van der Waals surface area contributed by atoms with Gasteiger partial charge in [-0.25, -0.2) is 19.6 Å². The van der Waals surface area contributed by atoms with Gasteiger partial charge in [0.2, 0.25) is 11.8 Å². The number of hydrogen-bond acceptors (Lipinski definition) is 10. The molecule has 0 saturated carbocycles. The van der Waals surface area contributed by atoms with Crippen LogP contribution in [0.25, 0.3) is 0 Å². The summed E-state index contributed by atoms with van der Waals surface area (Å²) in [6, 6.07) is 31.1. The number of nitrogens with zero attached hydrogens (tertiary/aromatic N) is 4. The third-order valence-electron chi connectivity index (χ3n) is 13.6. The molecule has 6 aromatic rings. The van der Waals surface area contributed by atoms with Crippen molar-refractivity contribution in [2.75, 3.05) is 67.2 Å². The fraction of sp³-hybridized carbons (Fsp3) is 0.404. The molecule has 398 valence electrons. The molecule has 0 radical (unpaired) electrons. The molecule has 75 heavy (non-hydrogen) atoms. The van der Waals surface area contributed by atoms with Crippen molar-refractivity contribution < 1.29 is 38.1 Å². The van der Waals surface area contributed by atoms with E-state index >= 15 is 0 Å². The molecule has 4 heterocycles. The smallest absolute Gasteiger partial charge is 0.315 e. The Balaban J connectivity index is 0.000000219. The number of para-hydroxylation sites is 1. The van der Waals surface area contributed by atoms with Gasteiger partial charge in [-0.05, 0) is 77.8 Å². The van der Waals surface area contributed by atoms with Gasteiger partial charge in [0.25, 0.3) is 0 Å². The number of H-pyrrole nitrogens is 2. The topological polar surface area (TPSA) is 217 Å². The molecule has 18 heteroatoms. The highest BCUT2D eigenvalue weighted by Gasteiger charge is 2.49. The average Bonchev–Trinajstić information content (AvgIpc) is 4.18. The predicted molar refractivity (Wildman–Crippen MR) is 286 cm³/mol. The van der Waals surface area contributed by atoms with Crippen LogP contribution in [0.3, 0.4) is 0 Å². The number of imidazole rings is 2. The summed E-state index contributed by atoms with van der Waals surface area (Å²) in [5.74, 6) is 2.50. The largest absolute Gasteiger partial charge is 0.497 e. The van der Waals surface area contributed by atoms with E-state index in [0.717, 1.165) is 71.0 Å². The molecule has 2 saturated heterocycles. The summed E-state index contributed by atoms with van der Waals surface area (Å²) < 4.78 is 22.4. The zero-order chi connectivity index (χ0) is 52.8. The van der Waals surface area contributed by atoms with E-state index in [2.05, 4.69) is 54.2 Å². The molecular formula is C57H72N10O8. The van der Waals surface area contributed by atoms with E-state index in [-0.39, 0.29) is 23.9 Å². The summed E-state index contributed by atoms with van der Waals surface area (Å²) in [6.07, 6.45) is 12.3. The molecule has 18 nitrogen and oxygen atoms in total. The molecule has 8 rings (SSSR count). The lowest BCUT2D eigenvalue weighted by molar-refractivity contribution is -0.174. The molecule has 0 spiro atoms. The highest BCUT2D eigenvalue weighted by Crippen LogP contribution is 2.37. The van der Waals surface area contributed by atoms with Crippen LogP contribution >= 0.6 is 0 Å². The van der Waals surface area contributed by atoms with Crippen LogP contribution in [0.5, 0.6) is 17.2 Å². The number of benzene rings is 4. The van der Waals surface area contributed by atoms with Crippen molar-refractivity contribution in [3.8, 4) is 17.2 Å². The van der Waals surface area contributed by atoms with Gasteiger partial charge in [0, 0.05) is 82.3 Å². The molecular weight excluding hydrogens is 953 g/mol. The van der Waals surface area contributed by atoms with Crippen molar-refractivity contribution in [2.24, 2.45) is 0 Å². The molecule has 2 aliphatic rings. The number of likely N-dealkylation sites (tertiary alicyclic amines) is 2. The number of amides is 6. The van der Waals surface area contributed by atoms with E-state index in [1.54, 1.807) is 51.3 Å². The van der Waals surface area contributed by atoms with Crippen LogP contribution in [0.4, 0.5) is 9.59 Å². The fourth-order valence-corrected chi connectivity index (χ4v) is 9.37. The Labute approximate surface area is 439 Å². The van der Waals surface area contributed by atoms with E-state index in [4.69, 9.17) is 18.9 Å². The first kappa shape index (κ1) is 54.9. The first-order valence-electron chi connectivity index (χ1n) is 25.8. The number of piperidine rings is 1. The molecule has 2 unspecified atom stereocenters. The molecule has 0 aliphatic carbocycles. The second kappa shape index (κ2) is 28.0. The Kier molecular flexibility index (Phi) is 20.5. The van der Waals surface area contributed by atoms with E-state index < -0.39 is 17.7 Å². The zero-order valence-electron chi connectivity index (χ0n) is 43.5. The summed E-state index contributed by atoms with van der Waals surface area (Å²) in [5, 5.41) is 11.5. The Bertz CT molecular complexity index is 2660. The minimum atomic E-state index is -0.722. The number of aromatic amines is 2. The van der Waals surface area contributed by atoms with Crippen molar-refractivity contribution >= 4 is 23.9 Å². The highest BCUT2D eigenvalue weighted by molar-refractivity contribution is 5.88. The van der Waals surface area contributed by atoms with Gasteiger partial charge in [-0.1, -0.05) is 86.1 Å². The monoisotopic (exact) mass is 1020 g/mol. The van der Waals surface area contributed by atoms with Gasteiger partial charge in [-0.15, -0.1) is 0 Å². The minimum Gasteiger partial charge on any atom is -0.497 e. The predicted octanol–water partition coefficient (Wildman–Crippen LogP) is 6.71. The lowest BCUT2D eigenvalue weighted by Gasteiger charge is -2.51. The normalized spacial score (nSPS) is 14.7. The number of nitrogens with one attached hydrogen (secondary N) is 6. The van der Waals surface area contributed by atoms with E-state index in [0.29, 0.717) is 77.5 Å². The Hall–Kier alpha value is -7.86. The minimum absolute atomic E-state index is 0.0713. The van der Waals surface area contributed by atoms with Gasteiger partial charge < -0.3 is 60.0 Å². The first-order chi connectivity index (χ1) is 36.6. The maximum Gasteiger partial charge on any atom is 0.315 e. The van der Waals surface area contributed by atoms with Gasteiger partial charge in [0.05, 0.1) is 47.1 Å².